The largest absolute Gasteiger partial charge is 0.340 e. The van der Waals surface area contributed by atoms with Crippen molar-refractivity contribution in [3.05, 3.63) is 34.3 Å². The van der Waals surface area contributed by atoms with Crippen LogP contribution in [0, 0.1) is 0 Å². The summed E-state index contributed by atoms with van der Waals surface area (Å²) in [6.07, 6.45) is 6.27. The fourth-order valence-electron chi connectivity index (χ4n) is 3.89. The maximum atomic E-state index is 13.2. The van der Waals surface area contributed by atoms with Crippen molar-refractivity contribution in [2.75, 3.05) is 13.1 Å². The molecule has 114 valence electrons. The first kappa shape index (κ1) is 15.0. The first-order valence-electron chi connectivity index (χ1n) is 7.93. The molecular formula is C17H23BrN2O. The number of nitrogens with zero attached hydrogens (tertiary/aromatic N) is 1. The molecule has 21 heavy (non-hydrogen) atoms. The molecule has 1 aromatic carbocycles. The molecule has 1 heterocycles. The number of hydrogen-bond donors (Lipinski definition) is 1. The van der Waals surface area contributed by atoms with Crippen LogP contribution in [0.2, 0.25) is 0 Å². The maximum absolute atomic E-state index is 13.2. The molecule has 3 rings (SSSR count). The van der Waals surface area contributed by atoms with E-state index in [1.165, 1.54) is 5.56 Å². The van der Waals surface area contributed by atoms with Crippen molar-refractivity contribution >= 4 is 21.8 Å². The lowest BCUT2D eigenvalue weighted by molar-refractivity contribution is -0.138. The third kappa shape index (κ3) is 2.88. The molecule has 1 aromatic rings. The number of nitrogens with two attached hydrogens (primary N) is 1. The van der Waals surface area contributed by atoms with E-state index in [2.05, 4.69) is 28.1 Å². The SMILES string of the molecule is NC1CCCN(C(=O)C2(c3cccc(Br)c3)CCCC2)C1. The molecule has 3 nitrogen and oxygen atoms in total. The Balaban J connectivity index is 1.92. The van der Waals surface area contributed by atoms with E-state index in [-0.39, 0.29) is 11.5 Å². The third-order valence-corrected chi connectivity index (χ3v) is 5.48. The van der Waals surface area contributed by atoms with E-state index in [0.29, 0.717) is 12.5 Å². The fraction of sp³-hybridized carbons (Fsp3) is 0.588. The van der Waals surface area contributed by atoms with Crippen molar-refractivity contribution < 1.29 is 4.79 Å². The minimum atomic E-state index is -0.319. The van der Waals surface area contributed by atoms with Crippen molar-refractivity contribution in [1.82, 2.24) is 4.90 Å². The maximum Gasteiger partial charge on any atom is 0.233 e. The summed E-state index contributed by atoms with van der Waals surface area (Å²) in [5, 5.41) is 0. The van der Waals surface area contributed by atoms with Gasteiger partial charge in [-0.1, -0.05) is 40.9 Å². The number of hydrogen-bond acceptors (Lipinski definition) is 2. The van der Waals surface area contributed by atoms with Crippen molar-refractivity contribution in [1.29, 1.82) is 0 Å². The second-order valence-corrected chi connectivity index (χ2v) is 7.37. The van der Waals surface area contributed by atoms with Gasteiger partial charge in [-0.3, -0.25) is 4.79 Å². The molecule has 0 radical (unpaired) electrons. The summed E-state index contributed by atoms with van der Waals surface area (Å²) in [4.78, 5) is 15.2. The minimum Gasteiger partial charge on any atom is -0.340 e. The van der Waals surface area contributed by atoms with Gasteiger partial charge in [-0.2, -0.15) is 0 Å². The van der Waals surface area contributed by atoms with Gasteiger partial charge >= 0.3 is 0 Å². The number of halogens is 1. The molecule has 2 aliphatic rings. The van der Waals surface area contributed by atoms with E-state index in [9.17, 15) is 4.79 Å². The Kier molecular flexibility index (Phi) is 4.36. The van der Waals surface area contributed by atoms with Gasteiger partial charge in [0.05, 0.1) is 5.41 Å². The Bertz CT molecular complexity index is 525. The van der Waals surface area contributed by atoms with Gasteiger partial charge < -0.3 is 10.6 Å². The number of rotatable bonds is 2. The molecule has 1 aliphatic heterocycles. The first-order chi connectivity index (χ1) is 10.1. The van der Waals surface area contributed by atoms with Crippen LogP contribution in [0.25, 0.3) is 0 Å². The molecule has 0 spiro atoms. The van der Waals surface area contributed by atoms with Gasteiger partial charge in [0, 0.05) is 23.6 Å². The number of carbonyl (C=O) groups excluding carboxylic acids is 1. The van der Waals surface area contributed by atoms with Crippen molar-refractivity contribution in [2.24, 2.45) is 5.73 Å². The zero-order chi connectivity index (χ0) is 14.9. The van der Waals surface area contributed by atoms with Gasteiger partial charge in [-0.05, 0) is 43.4 Å². The summed E-state index contributed by atoms with van der Waals surface area (Å²) in [5.41, 5.74) is 6.91. The lowest BCUT2D eigenvalue weighted by atomic mass is 9.77. The van der Waals surface area contributed by atoms with Crippen LogP contribution in [0.5, 0.6) is 0 Å². The van der Waals surface area contributed by atoms with Crippen LogP contribution in [0.4, 0.5) is 0 Å². The van der Waals surface area contributed by atoms with E-state index in [1.807, 2.05) is 17.0 Å². The molecule has 0 bridgehead atoms. The van der Waals surface area contributed by atoms with Crippen LogP contribution < -0.4 is 5.73 Å². The molecule has 1 amide bonds. The quantitative estimate of drug-likeness (QED) is 0.889. The molecule has 0 aromatic heterocycles. The Morgan fingerprint density at radius 1 is 1.29 bits per heavy atom. The van der Waals surface area contributed by atoms with Gasteiger partial charge in [0.15, 0.2) is 0 Å². The molecule has 1 saturated heterocycles. The number of amides is 1. The van der Waals surface area contributed by atoms with E-state index in [0.717, 1.165) is 49.5 Å². The Morgan fingerprint density at radius 2 is 2.05 bits per heavy atom. The zero-order valence-electron chi connectivity index (χ0n) is 12.4. The topological polar surface area (TPSA) is 46.3 Å². The highest BCUT2D eigenvalue weighted by atomic mass is 79.9. The Morgan fingerprint density at radius 3 is 2.71 bits per heavy atom. The molecule has 1 saturated carbocycles. The normalized spacial score (nSPS) is 25.0. The summed E-state index contributed by atoms with van der Waals surface area (Å²) in [7, 11) is 0. The summed E-state index contributed by atoms with van der Waals surface area (Å²) < 4.78 is 1.05. The number of carbonyl (C=O) groups is 1. The van der Waals surface area contributed by atoms with Crippen LogP contribution in [-0.2, 0) is 10.2 Å². The van der Waals surface area contributed by atoms with E-state index in [4.69, 9.17) is 5.73 Å². The lowest BCUT2D eigenvalue weighted by Crippen LogP contribution is -2.52. The smallest absolute Gasteiger partial charge is 0.233 e. The van der Waals surface area contributed by atoms with Crippen molar-refractivity contribution in [2.45, 2.75) is 50.0 Å². The van der Waals surface area contributed by atoms with Gasteiger partial charge in [0.2, 0.25) is 5.91 Å². The zero-order valence-corrected chi connectivity index (χ0v) is 13.9. The van der Waals surface area contributed by atoms with E-state index in [1.54, 1.807) is 0 Å². The molecule has 4 heteroatoms. The molecule has 1 aliphatic carbocycles. The number of piperidine rings is 1. The molecule has 2 N–H and O–H groups in total. The number of benzene rings is 1. The molecule has 2 fully saturated rings. The highest BCUT2D eigenvalue weighted by Crippen LogP contribution is 2.43. The predicted octanol–water partition coefficient (Wildman–Crippen LogP) is 3.21. The van der Waals surface area contributed by atoms with Crippen LogP contribution in [0.3, 0.4) is 0 Å². The summed E-state index contributed by atoms with van der Waals surface area (Å²) in [6, 6.07) is 8.43. The molecular weight excluding hydrogens is 328 g/mol. The first-order valence-corrected chi connectivity index (χ1v) is 8.72. The van der Waals surface area contributed by atoms with Gasteiger partial charge in [0.1, 0.15) is 0 Å². The minimum absolute atomic E-state index is 0.142. The van der Waals surface area contributed by atoms with Crippen LogP contribution >= 0.6 is 15.9 Å². The highest BCUT2D eigenvalue weighted by Gasteiger charge is 2.45. The van der Waals surface area contributed by atoms with Crippen LogP contribution in [0.15, 0.2) is 28.7 Å². The average Bonchev–Trinajstić information content (AvgIpc) is 2.97. The fourth-order valence-corrected chi connectivity index (χ4v) is 4.29. The Hall–Kier alpha value is -0.870. The van der Waals surface area contributed by atoms with Gasteiger partial charge in [-0.25, -0.2) is 0 Å². The van der Waals surface area contributed by atoms with Crippen molar-refractivity contribution in [3.8, 4) is 0 Å². The van der Waals surface area contributed by atoms with E-state index < -0.39 is 0 Å². The van der Waals surface area contributed by atoms with Crippen LogP contribution in [-0.4, -0.2) is 29.9 Å². The molecule has 1 unspecified atom stereocenters. The third-order valence-electron chi connectivity index (χ3n) is 4.99. The standard InChI is InChI=1S/C17H23BrN2O/c18-14-6-3-5-13(11-14)17(8-1-2-9-17)16(21)20-10-4-7-15(19)12-20/h3,5-6,11,15H,1-2,4,7-10,12,19H2. The molecule has 1 atom stereocenters. The van der Waals surface area contributed by atoms with Gasteiger partial charge in [-0.15, -0.1) is 0 Å². The average molecular weight is 351 g/mol. The van der Waals surface area contributed by atoms with Crippen LogP contribution in [0.1, 0.15) is 44.1 Å². The summed E-state index contributed by atoms with van der Waals surface area (Å²) in [5.74, 6) is 0.299. The second kappa shape index (κ2) is 6.09. The Labute approximate surface area is 135 Å². The van der Waals surface area contributed by atoms with Gasteiger partial charge in [0.25, 0.3) is 0 Å². The monoisotopic (exact) mass is 350 g/mol. The number of likely N-dealkylation sites (tertiary alicyclic amines) is 1. The second-order valence-electron chi connectivity index (χ2n) is 6.45. The summed E-state index contributed by atoms with van der Waals surface area (Å²) >= 11 is 3.54. The van der Waals surface area contributed by atoms with Crippen molar-refractivity contribution in [3.63, 3.8) is 0 Å². The predicted molar refractivity (Wildman–Crippen MR) is 88.1 cm³/mol. The lowest BCUT2D eigenvalue weighted by Gasteiger charge is -2.38. The highest BCUT2D eigenvalue weighted by molar-refractivity contribution is 9.10. The summed E-state index contributed by atoms with van der Waals surface area (Å²) in [6.45, 7) is 1.58. The van der Waals surface area contributed by atoms with E-state index >= 15 is 0 Å².